The summed E-state index contributed by atoms with van der Waals surface area (Å²) in [5.41, 5.74) is 2.03. The average Bonchev–Trinajstić information content (AvgIpc) is 2.52. The first-order valence-corrected chi connectivity index (χ1v) is 7.71. The second-order valence-electron chi connectivity index (χ2n) is 4.79. The Labute approximate surface area is 139 Å². The third-order valence-corrected chi connectivity index (χ3v) is 3.70. The van der Waals surface area contributed by atoms with Gasteiger partial charge in [-0.2, -0.15) is 0 Å². The molecule has 0 radical (unpaired) electrons. The van der Waals surface area contributed by atoms with E-state index < -0.39 is 0 Å². The molecule has 2 rings (SSSR count). The summed E-state index contributed by atoms with van der Waals surface area (Å²) in [6, 6.07) is 9.17. The number of pyridine rings is 1. The molecule has 0 aliphatic rings. The maximum Gasteiger partial charge on any atom is 0.234 e. The Kier molecular flexibility index (Phi) is 6.65. The van der Waals surface area contributed by atoms with Crippen molar-refractivity contribution in [2.45, 2.75) is 13.0 Å². The van der Waals surface area contributed by atoms with Gasteiger partial charge in [-0.15, -0.1) is 0 Å². The second kappa shape index (κ2) is 8.73. The van der Waals surface area contributed by atoms with E-state index in [0.29, 0.717) is 23.1 Å². The third kappa shape index (κ3) is 5.64. The van der Waals surface area contributed by atoms with Crippen LogP contribution in [0.3, 0.4) is 0 Å². The predicted molar refractivity (Wildman–Crippen MR) is 89.1 cm³/mol. The number of carbonyl (C=O) groups excluding carboxylic acids is 1. The van der Waals surface area contributed by atoms with Crippen LogP contribution in [0.1, 0.15) is 11.1 Å². The van der Waals surface area contributed by atoms with Crippen LogP contribution < -0.4 is 10.6 Å². The van der Waals surface area contributed by atoms with Gasteiger partial charge in [-0.3, -0.25) is 9.78 Å². The van der Waals surface area contributed by atoms with Crippen molar-refractivity contribution >= 4 is 29.1 Å². The first kappa shape index (κ1) is 16.7. The average molecular weight is 338 g/mol. The molecule has 1 heterocycles. The van der Waals surface area contributed by atoms with Crippen molar-refractivity contribution in [2.24, 2.45) is 0 Å². The van der Waals surface area contributed by atoms with Gasteiger partial charge in [0.05, 0.1) is 6.54 Å². The molecule has 0 saturated heterocycles. The third-order valence-electron chi connectivity index (χ3n) is 3.11. The summed E-state index contributed by atoms with van der Waals surface area (Å²) in [7, 11) is 0. The molecule has 0 spiro atoms. The molecule has 0 bridgehead atoms. The Bertz CT molecular complexity index is 620. The lowest BCUT2D eigenvalue weighted by Gasteiger charge is -2.08. The number of amides is 1. The van der Waals surface area contributed by atoms with E-state index in [1.807, 2.05) is 24.3 Å². The Balaban J connectivity index is 1.65. The molecule has 0 unspecified atom stereocenters. The molecule has 1 aromatic heterocycles. The second-order valence-corrected chi connectivity index (χ2v) is 5.64. The van der Waals surface area contributed by atoms with E-state index in [1.165, 1.54) is 0 Å². The van der Waals surface area contributed by atoms with Crippen molar-refractivity contribution in [3.63, 3.8) is 0 Å². The number of rotatable bonds is 7. The molecule has 0 saturated carbocycles. The molecule has 1 aromatic carbocycles. The van der Waals surface area contributed by atoms with Crippen LogP contribution in [-0.4, -0.2) is 24.0 Å². The summed E-state index contributed by atoms with van der Waals surface area (Å²) < 4.78 is 0. The minimum atomic E-state index is -0.0426. The zero-order valence-corrected chi connectivity index (χ0v) is 13.5. The summed E-state index contributed by atoms with van der Waals surface area (Å²) in [5, 5.41) is 7.21. The van der Waals surface area contributed by atoms with E-state index in [2.05, 4.69) is 15.6 Å². The summed E-state index contributed by atoms with van der Waals surface area (Å²) in [4.78, 5) is 15.6. The molecule has 0 aliphatic heterocycles. The van der Waals surface area contributed by atoms with Crippen molar-refractivity contribution in [1.82, 2.24) is 15.6 Å². The van der Waals surface area contributed by atoms with Crippen molar-refractivity contribution in [3.8, 4) is 0 Å². The normalized spacial score (nSPS) is 10.5. The van der Waals surface area contributed by atoms with Crippen LogP contribution in [0.15, 0.2) is 42.7 Å². The topological polar surface area (TPSA) is 54.0 Å². The van der Waals surface area contributed by atoms with Gasteiger partial charge in [-0.05, 0) is 48.4 Å². The Morgan fingerprint density at radius 1 is 1.14 bits per heavy atom. The van der Waals surface area contributed by atoms with E-state index in [4.69, 9.17) is 23.2 Å². The smallest absolute Gasteiger partial charge is 0.234 e. The first-order valence-electron chi connectivity index (χ1n) is 6.95. The Morgan fingerprint density at radius 3 is 2.64 bits per heavy atom. The zero-order valence-electron chi connectivity index (χ0n) is 12.0. The van der Waals surface area contributed by atoms with Gasteiger partial charge in [0, 0.05) is 29.0 Å². The number of carbonyl (C=O) groups is 1. The minimum absolute atomic E-state index is 0.0426. The fraction of sp³-hybridized carbons (Fsp3) is 0.250. The van der Waals surface area contributed by atoms with E-state index >= 15 is 0 Å². The van der Waals surface area contributed by atoms with Gasteiger partial charge in [-0.1, -0.05) is 29.3 Å². The fourth-order valence-corrected chi connectivity index (χ4v) is 2.42. The lowest BCUT2D eigenvalue weighted by Crippen LogP contribution is -2.34. The molecular formula is C16H17Cl2N3O. The van der Waals surface area contributed by atoms with Crippen molar-refractivity contribution in [1.29, 1.82) is 0 Å². The highest BCUT2D eigenvalue weighted by molar-refractivity contribution is 6.35. The van der Waals surface area contributed by atoms with Crippen molar-refractivity contribution in [2.75, 3.05) is 13.1 Å². The molecule has 0 atom stereocenters. The monoisotopic (exact) mass is 337 g/mol. The van der Waals surface area contributed by atoms with E-state index in [1.54, 1.807) is 18.5 Å². The highest BCUT2D eigenvalue weighted by Crippen LogP contribution is 2.20. The Hall–Kier alpha value is -1.62. The summed E-state index contributed by atoms with van der Waals surface area (Å²) in [6.07, 6.45) is 4.15. The van der Waals surface area contributed by atoms with Gasteiger partial charge in [0.25, 0.3) is 0 Å². The number of hydrogen-bond acceptors (Lipinski definition) is 3. The van der Waals surface area contributed by atoms with Crippen LogP contribution in [0.5, 0.6) is 0 Å². The number of nitrogens with zero attached hydrogens (tertiary/aromatic N) is 1. The van der Waals surface area contributed by atoms with Crippen molar-refractivity contribution < 1.29 is 4.79 Å². The lowest BCUT2D eigenvalue weighted by molar-refractivity contribution is -0.120. The summed E-state index contributed by atoms with van der Waals surface area (Å²) >= 11 is 11.9. The van der Waals surface area contributed by atoms with Gasteiger partial charge < -0.3 is 10.6 Å². The zero-order chi connectivity index (χ0) is 15.8. The van der Waals surface area contributed by atoms with Crippen LogP contribution in [0.2, 0.25) is 10.0 Å². The van der Waals surface area contributed by atoms with E-state index in [-0.39, 0.29) is 12.5 Å². The molecule has 2 aromatic rings. The molecule has 4 nitrogen and oxygen atoms in total. The highest BCUT2D eigenvalue weighted by atomic mass is 35.5. The molecule has 6 heteroatoms. The van der Waals surface area contributed by atoms with Gasteiger partial charge in [0.2, 0.25) is 5.91 Å². The van der Waals surface area contributed by atoms with E-state index in [0.717, 1.165) is 17.5 Å². The number of aromatic nitrogens is 1. The Morgan fingerprint density at radius 2 is 1.91 bits per heavy atom. The van der Waals surface area contributed by atoms with Crippen LogP contribution in [0.25, 0.3) is 0 Å². The summed E-state index contributed by atoms with van der Waals surface area (Å²) in [5.74, 6) is -0.0426. The maximum atomic E-state index is 11.7. The van der Waals surface area contributed by atoms with Gasteiger partial charge >= 0.3 is 0 Å². The van der Waals surface area contributed by atoms with Gasteiger partial charge in [0.15, 0.2) is 0 Å². The molecule has 0 fully saturated rings. The highest BCUT2D eigenvalue weighted by Gasteiger charge is 2.03. The standard InChI is InChI=1S/C16H17Cl2N3O/c17-14-2-1-13(15(18)9-14)5-8-20-11-16(22)21-10-12-3-6-19-7-4-12/h1-4,6-7,9,20H,5,8,10-11H2,(H,21,22). The largest absolute Gasteiger partial charge is 0.351 e. The minimum Gasteiger partial charge on any atom is -0.351 e. The molecule has 2 N–H and O–H groups in total. The number of benzene rings is 1. The molecule has 1 amide bonds. The lowest BCUT2D eigenvalue weighted by atomic mass is 10.1. The predicted octanol–water partition coefficient (Wildman–Crippen LogP) is 2.84. The SMILES string of the molecule is O=C(CNCCc1ccc(Cl)cc1Cl)NCc1ccncc1. The fourth-order valence-electron chi connectivity index (χ4n) is 1.91. The summed E-state index contributed by atoms with van der Waals surface area (Å²) in [6.45, 7) is 1.45. The number of nitrogens with one attached hydrogen (secondary N) is 2. The molecule has 0 aliphatic carbocycles. The van der Waals surface area contributed by atoms with Crippen LogP contribution >= 0.6 is 23.2 Å². The van der Waals surface area contributed by atoms with E-state index in [9.17, 15) is 4.79 Å². The van der Waals surface area contributed by atoms with Gasteiger partial charge in [-0.25, -0.2) is 0 Å². The molecule has 116 valence electrons. The number of halogens is 2. The van der Waals surface area contributed by atoms with Crippen LogP contribution in [0.4, 0.5) is 0 Å². The first-order chi connectivity index (χ1) is 10.6. The van der Waals surface area contributed by atoms with Gasteiger partial charge in [0.1, 0.15) is 0 Å². The van der Waals surface area contributed by atoms with Crippen LogP contribution in [0, 0.1) is 0 Å². The van der Waals surface area contributed by atoms with Crippen molar-refractivity contribution in [3.05, 3.63) is 63.9 Å². The molecule has 22 heavy (non-hydrogen) atoms. The van der Waals surface area contributed by atoms with Crippen LogP contribution in [-0.2, 0) is 17.8 Å². The number of hydrogen-bond donors (Lipinski definition) is 2. The maximum absolute atomic E-state index is 11.7. The quantitative estimate of drug-likeness (QED) is 0.764. The molecular weight excluding hydrogens is 321 g/mol.